The van der Waals surface area contributed by atoms with Gasteiger partial charge in [0.2, 0.25) is 0 Å². The van der Waals surface area contributed by atoms with Crippen LogP contribution in [0.5, 0.6) is 5.75 Å². The fourth-order valence-corrected chi connectivity index (χ4v) is 3.76. The van der Waals surface area contributed by atoms with E-state index in [0.29, 0.717) is 11.9 Å². The normalized spacial score (nSPS) is 11.9. The molecule has 29 heavy (non-hydrogen) atoms. The first-order chi connectivity index (χ1) is 14.1. The minimum atomic E-state index is -0.266. The highest BCUT2D eigenvalue weighted by molar-refractivity contribution is 7.80. The van der Waals surface area contributed by atoms with Gasteiger partial charge in [0.25, 0.3) is 0 Å². The summed E-state index contributed by atoms with van der Waals surface area (Å²) < 4.78 is 0. The summed E-state index contributed by atoms with van der Waals surface area (Å²) >= 11 is 5.67. The van der Waals surface area contributed by atoms with Crippen LogP contribution in [-0.4, -0.2) is 15.1 Å². The zero-order chi connectivity index (χ0) is 20.2. The van der Waals surface area contributed by atoms with Crippen LogP contribution < -0.4 is 5.32 Å². The molecule has 0 fully saturated rings. The Balaban J connectivity index is 1.72. The number of aromatic nitrogens is 1. The molecule has 0 bridgehead atoms. The van der Waals surface area contributed by atoms with Gasteiger partial charge >= 0.3 is 0 Å². The number of phenolic OH excluding ortho intramolecular Hbond substituents is 1. The van der Waals surface area contributed by atoms with Gasteiger partial charge < -0.3 is 10.4 Å². The molecule has 4 heteroatoms. The van der Waals surface area contributed by atoms with Crippen molar-refractivity contribution in [3.8, 4) is 5.75 Å². The molecule has 3 aromatic carbocycles. The van der Waals surface area contributed by atoms with Gasteiger partial charge in [-0.1, -0.05) is 90.6 Å². The highest BCUT2D eigenvalue weighted by Gasteiger charge is 2.20. The SMILES string of the molecule is Cc1ccc(C(NC(=S)Cc2ccccc2)c2ccc3cccnc3c2O)cc1. The monoisotopic (exact) mass is 398 g/mol. The van der Waals surface area contributed by atoms with Gasteiger partial charge in [-0.25, -0.2) is 0 Å². The lowest BCUT2D eigenvalue weighted by Gasteiger charge is -2.23. The van der Waals surface area contributed by atoms with Crippen molar-refractivity contribution in [2.45, 2.75) is 19.4 Å². The lowest BCUT2D eigenvalue weighted by molar-refractivity contribution is 0.468. The van der Waals surface area contributed by atoms with E-state index in [0.717, 1.165) is 27.1 Å². The standard InChI is InChI=1S/C25H22N2OS/c1-17-9-11-20(12-10-17)23(27-22(29)16-18-6-3-2-4-7-18)21-14-13-19-8-5-15-26-24(19)25(21)28/h2-15,23,28H,16H2,1H3,(H,27,29). The second-order valence-corrected chi connectivity index (χ2v) is 7.64. The van der Waals surface area contributed by atoms with Crippen LogP contribution in [-0.2, 0) is 6.42 Å². The number of aryl methyl sites for hydroxylation is 1. The van der Waals surface area contributed by atoms with Crippen LogP contribution >= 0.6 is 12.2 Å². The van der Waals surface area contributed by atoms with Crippen LogP contribution in [0.1, 0.15) is 28.3 Å². The predicted octanol–water partition coefficient (Wildman–Crippen LogP) is 5.50. The van der Waals surface area contributed by atoms with Gasteiger partial charge in [-0.2, -0.15) is 0 Å². The van der Waals surface area contributed by atoms with E-state index >= 15 is 0 Å². The topological polar surface area (TPSA) is 45.2 Å². The molecule has 1 atom stereocenters. The number of thiocarbonyl (C=S) groups is 1. The molecule has 1 heterocycles. The molecule has 0 aliphatic rings. The number of hydrogen-bond donors (Lipinski definition) is 2. The van der Waals surface area contributed by atoms with Gasteiger partial charge in [0.1, 0.15) is 11.3 Å². The number of pyridine rings is 1. The molecule has 1 aromatic heterocycles. The summed E-state index contributed by atoms with van der Waals surface area (Å²) in [7, 11) is 0. The Morgan fingerprint density at radius 3 is 2.48 bits per heavy atom. The summed E-state index contributed by atoms with van der Waals surface area (Å²) in [6.45, 7) is 2.06. The van der Waals surface area contributed by atoms with Crippen LogP contribution in [0, 0.1) is 6.92 Å². The Hall–Kier alpha value is -3.24. The van der Waals surface area contributed by atoms with Crippen molar-refractivity contribution >= 4 is 28.1 Å². The number of hydrogen-bond acceptors (Lipinski definition) is 3. The highest BCUT2D eigenvalue weighted by Crippen LogP contribution is 2.34. The van der Waals surface area contributed by atoms with E-state index in [2.05, 4.69) is 53.6 Å². The van der Waals surface area contributed by atoms with Gasteiger partial charge in [0, 0.05) is 23.6 Å². The Bertz CT molecular complexity index is 1140. The maximum Gasteiger partial charge on any atom is 0.147 e. The van der Waals surface area contributed by atoms with E-state index in [4.69, 9.17) is 12.2 Å². The van der Waals surface area contributed by atoms with E-state index in [1.54, 1.807) is 6.20 Å². The molecule has 0 aliphatic carbocycles. The van der Waals surface area contributed by atoms with Crippen LogP contribution in [0.25, 0.3) is 10.9 Å². The van der Waals surface area contributed by atoms with Crippen molar-refractivity contribution in [2.75, 3.05) is 0 Å². The van der Waals surface area contributed by atoms with E-state index in [-0.39, 0.29) is 11.8 Å². The summed E-state index contributed by atoms with van der Waals surface area (Å²) in [6.07, 6.45) is 2.34. The molecule has 4 aromatic rings. The Kier molecular flexibility index (Phi) is 5.54. The molecule has 0 spiro atoms. The Morgan fingerprint density at radius 2 is 1.72 bits per heavy atom. The van der Waals surface area contributed by atoms with Gasteiger partial charge in [0.15, 0.2) is 0 Å². The lowest BCUT2D eigenvalue weighted by atomic mass is 9.95. The zero-order valence-corrected chi connectivity index (χ0v) is 17.0. The summed E-state index contributed by atoms with van der Waals surface area (Å²) in [5.74, 6) is 0.184. The van der Waals surface area contributed by atoms with Crippen molar-refractivity contribution in [1.82, 2.24) is 10.3 Å². The molecule has 0 saturated carbocycles. The lowest BCUT2D eigenvalue weighted by Crippen LogP contribution is -2.29. The maximum atomic E-state index is 11.0. The number of nitrogens with one attached hydrogen (secondary N) is 1. The van der Waals surface area contributed by atoms with Crippen LogP contribution in [0.3, 0.4) is 0 Å². The molecule has 2 N–H and O–H groups in total. The molecule has 144 valence electrons. The van der Waals surface area contributed by atoms with Crippen molar-refractivity contribution < 1.29 is 5.11 Å². The van der Waals surface area contributed by atoms with Crippen molar-refractivity contribution in [3.05, 3.63) is 107 Å². The maximum absolute atomic E-state index is 11.0. The zero-order valence-electron chi connectivity index (χ0n) is 16.2. The van der Waals surface area contributed by atoms with Crippen molar-refractivity contribution in [3.63, 3.8) is 0 Å². The van der Waals surface area contributed by atoms with Crippen LogP contribution in [0.2, 0.25) is 0 Å². The van der Waals surface area contributed by atoms with Crippen LogP contribution in [0.4, 0.5) is 0 Å². The van der Waals surface area contributed by atoms with Gasteiger partial charge in [0.05, 0.1) is 11.0 Å². The first-order valence-corrected chi connectivity index (χ1v) is 9.99. The molecule has 0 saturated heterocycles. The number of aromatic hydroxyl groups is 1. The summed E-state index contributed by atoms with van der Waals surface area (Å²) in [5.41, 5.74) is 4.73. The second-order valence-electron chi connectivity index (χ2n) is 7.15. The largest absolute Gasteiger partial charge is 0.505 e. The summed E-state index contributed by atoms with van der Waals surface area (Å²) in [5, 5.41) is 15.4. The molecule has 0 radical (unpaired) electrons. The van der Waals surface area contributed by atoms with Gasteiger partial charge in [-0.15, -0.1) is 0 Å². The average molecular weight is 399 g/mol. The van der Waals surface area contributed by atoms with E-state index in [1.807, 2.05) is 42.5 Å². The number of nitrogens with zero attached hydrogens (tertiary/aromatic N) is 1. The van der Waals surface area contributed by atoms with E-state index in [9.17, 15) is 5.11 Å². The Morgan fingerprint density at radius 1 is 0.966 bits per heavy atom. The molecule has 0 aliphatic heterocycles. The number of phenols is 1. The van der Waals surface area contributed by atoms with Crippen molar-refractivity contribution in [1.29, 1.82) is 0 Å². The highest BCUT2D eigenvalue weighted by atomic mass is 32.1. The fourth-order valence-electron chi connectivity index (χ4n) is 3.47. The number of rotatable bonds is 5. The van der Waals surface area contributed by atoms with E-state index in [1.165, 1.54) is 5.56 Å². The molecule has 3 nitrogen and oxygen atoms in total. The molecular weight excluding hydrogens is 376 g/mol. The molecule has 0 amide bonds. The van der Waals surface area contributed by atoms with Crippen LogP contribution in [0.15, 0.2) is 85.1 Å². The quantitative estimate of drug-likeness (QED) is 0.436. The van der Waals surface area contributed by atoms with E-state index < -0.39 is 0 Å². The summed E-state index contributed by atoms with van der Waals surface area (Å²) in [6, 6.07) is 25.9. The second kappa shape index (κ2) is 8.41. The average Bonchev–Trinajstić information content (AvgIpc) is 2.74. The van der Waals surface area contributed by atoms with Gasteiger partial charge in [-0.05, 0) is 24.1 Å². The first-order valence-electron chi connectivity index (χ1n) is 9.58. The number of fused-ring (bicyclic) bond motifs is 1. The minimum absolute atomic E-state index is 0.184. The third-order valence-electron chi connectivity index (χ3n) is 5.01. The minimum Gasteiger partial charge on any atom is -0.505 e. The molecule has 4 rings (SSSR count). The van der Waals surface area contributed by atoms with Gasteiger partial charge in [-0.3, -0.25) is 4.98 Å². The predicted molar refractivity (Wildman–Crippen MR) is 122 cm³/mol. The molecular formula is C25H22N2OS. The third-order valence-corrected chi connectivity index (χ3v) is 5.28. The fraction of sp³-hybridized carbons (Fsp3) is 0.120. The molecule has 1 unspecified atom stereocenters. The first kappa shape index (κ1) is 19.1. The smallest absolute Gasteiger partial charge is 0.147 e. The Labute approximate surface area is 176 Å². The summed E-state index contributed by atoms with van der Waals surface area (Å²) in [4.78, 5) is 5.09. The van der Waals surface area contributed by atoms with Crippen molar-refractivity contribution in [2.24, 2.45) is 0 Å². The number of benzene rings is 3. The third kappa shape index (κ3) is 4.28.